The smallest absolute Gasteiger partial charge is 0.167 e. The van der Waals surface area contributed by atoms with Crippen LogP contribution < -0.4 is 0 Å². The molecule has 0 saturated carbocycles. The molecule has 0 aliphatic heterocycles. The van der Waals surface area contributed by atoms with Crippen LogP contribution >= 0.6 is 0 Å². The van der Waals surface area contributed by atoms with Gasteiger partial charge in [0.2, 0.25) is 0 Å². The standard InChI is InChI=1S/C10H10O5.CH4O/c1-4(11)8-6(13)3-7(14)9(5(2)12)10(8)15;1-2/h3,13-15H,1-2H3;2H,1H3. The summed E-state index contributed by atoms with van der Waals surface area (Å²) < 4.78 is 0. The van der Waals surface area contributed by atoms with Crippen LogP contribution in [0.3, 0.4) is 0 Å². The monoisotopic (exact) mass is 242 g/mol. The van der Waals surface area contributed by atoms with E-state index >= 15 is 0 Å². The Morgan fingerprint density at radius 1 is 0.882 bits per heavy atom. The molecule has 0 saturated heterocycles. The molecule has 1 rings (SSSR count). The van der Waals surface area contributed by atoms with Gasteiger partial charge in [-0.15, -0.1) is 0 Å². The number of hydrogen-bond acceptors (Lipinski definition) is 6. The summed E-state index contributed by atoms with van der Waals surface area (Å²) in [6.07, 6.45) is 0. The van der Waals surface area contributed by atoms with E-state index in [2.05, 4.69) is 0 Å². The molecule has 0 aliphatic rings. The van der Waals surface area contributed by atoms with Crippen LogP contribution in [0.5, 0.6) is 17.2 Å². The molecule has 6 nitrogen and oxygen atoms in total. The first-order valence-corrected chi connectivity index (χ1v) is 4.60. The third-order valence-electron chi connectivity index (χ3n) is 1.96. The van der Waals surface area contributed by atoms with Crippen LogP contribution in [0.25, 0.3) is 0 Å². The van der Waals surface area contributed by atoms with E-state index in [1.807, 2.05) is 0 Å². The minimum Gasteiger partial charge on any atom is -0.507 e. The Bertz CT molecular complexity index is 412. The lowest BCUT2D eigenvalue weighted by molar-refractivity contribution is 0.101. The Morgan fingerprint density at radius 3 is 1.41 bits per heavy atom. The molecule has 94 valence electrons. The maximum atomic E-state index is 11.1. The number of hydrogen-bond donors (Lipinski definition) is 4. The fourth-order valence-corrected chi connectivity index (χ4v) is 1.34. The van der Waals surface area contributed by atoms with Gasteiger partial charge in [0.1, 0.15) is 28.4 Å². The van der Waals surface area contributed by atoms with Gasteiger partial charge in [0.15, 0.2) is 11.6 Å². The Kier molecular flexibility index (Phi) is 5.14. The highest BCUT2D eigenvalue weighted by Crippen LogP contribution is 2.37. The normalized spacial score (nSPS) is 9.18. The van der Waals surface area contributed by atoms with E-state index in [-0.39, 0.29) is 11.1 Å². The van der Waals surface area contributed by atoms with Gasteiger partial charge in [-0.2, -0.15) is 0 Å². The summed E-state index contributed by atoms with van der Waals surface area (Å²) in [6.45, 7) is 2.27. The van der Waals surface area contributed by atoms with E-state index in [0.29, 0.717) is 0 Å². The van der Waals surface area contributed by atoms with Crippen LogP contribution in [-0.4, -0.2) is 39.1 Å². The quantitative estimate of drug-likeness (QED) is 0.570. The molecule has 0 bridgehead atoms. The van der Waals surface area contributed by atoms with Gasteiger partial charge in [0, 0.05) is 13.2 Å². The van der Waals surface area contributed by atoms with Crippen LogP contribution in [0, 0.1) is 0 Å². The molecule has 0 aliphatic carbocycles. The summed E-state index contributed by atoms with van der Waals surface area (Å²) >= 11 is 0. The van der Waals surface area contributed by atoms with Crippen molar-refractivity contribution in [3.63, 3.8) is 0 Å². The van der Waals surface area contributed by atoms with Crippen molar-refractivity contribution in [1.29, 1.82) is 0 Å². The zero-order valence-electron chi connectivity index (χ0n) is 9.68. The Balaban J connectivity index is 0.00000121. The van der Waals surface area contributed by atoms with Crippen LogP contribution in [0.1, 0.15) is 34.6 Å². The van der Waals surface area contributed by atoms with Crippen molar-refractivity contribution in [2.45, 2.75) is 13.8 Å². The van der Waals surface area contributed by atoms with Crippen LogP contribution in [0.15, 0.2) is 6.07 Å². The van der Waals surface area contributed by atoms with E-state index in [1.54, 1.807) is 0 Å². The molecule has 0 spiro atoms. The topological polar surface area (TPSA) is 115 Å². The average molecular weight is 242 g/mol. The third-order valence-corrected chi connectivity index (χ3v) is 1.96. The Labute approximate surface area is 97.8 Å². The number of phenols is 3. The van der Waals surface area contributed by atoms with Crippen molar-refractivity contribution in [3.05, 3.63) is 17.2 Å². The number of carbonyl (C=O) groups is 2. The van der Waals surface area contributed by atoms with Crippen molar-refractivity contribution < 1.29 is 30.0 Å². The summed E-state index contributed by atoms with van der Waals surface area (Å²) in [6, 6.07) is 0.854. The van der Waals surface area contributed by atoms with Gasteiger partial charge < -0.3 is 20.4 Å². The first kappa shape index (κ1) is 14.9. The molecule has 0 fully saturated rings. The number of Topliss-reactive ketones (excluding diaryl/α,β-unsaturated/α-hetero) is 2. The van der Waals surface area contributed by atoms with Gasteiger partial charge in [-0.25, -0.2) is 0 Å². The average Bonchev–Trinajstić information content (AvgIpc) is 2.18. The van der Waals surface area contributed by atoms with E-state index in [0.717, 1.165) is 27.0 Å². The highest BCUT2D eigenvalue weighted by Gasteiger charge is 2.22. The summed E-state index contributed by atoms with van der Waals surface area (Å²) in [4.78, 5) is 22.1. The lowest BCUT2D eigenvalue weighted by Crippen LogP contribution is -2.01. The minimum atomic E-state index is -0.688. The molecular weight excluding hydrogens is 228 g/mol. The molecule has 0 heterocycles. The maximum Gasteiger partial charge on any atom is 0.167 e. The van der Waals surface area contributed by atoms with Crippen LogP contribution in [0.4, 0.5) is 0 Å². The summed E-state index contributed by atoms with van der Waals surface area (Å²) in [7, 11) is 1.00. The number of benzene rings is 1. The summed E-state index contributed by atoms with van der Waals surface area (Å²) in [5, 5.41) is 35.1. The van der Waals surface area contributed by atoms with Crippen LogP contribution in [0.2, 0.25) is 0 Å². The number of aliphatic hydroxyl groups excluding tert-OH is 1. The van der Waals surface area contributed by atoms with Crippen molar-refractivity contribution >= 4 is 11.6 Å². The van der Waals surface area contributed by atoms with Crippen molar-refractivity contribution in [3.8, 4) is 17.2 Å². The van der Waals surface area contributed by atoms with E-state index in [1.165, 1.54) is 0 Å². The Hall–Kier alpha value is -2.08. The lowest BCUT2D eigenvalue weighted by atomic mass is 10.0. The van der Waals surface area contributed by atoms with Gasteiger partial charge in [0.05, 0.1) is 0 Å². The fraction of sp³-hybridized carbons (Fsp3) is 0.273. The molecule has 6 heteroatoms. The number of ketones is 2. The SMILES string of the molecule is CC(=O)c1c(O)cc(O)c(C(C)=O)c1O.CO. The van der Waals surface area contributed by atoms with E-state index in [9.17, 15) is 24.9 Å². The third kappa shape index (κ3) is 2.94. The number of aromatic hydroxyl groups is 3. The van der Waals surface area contributed by atoms with Crippen molar-refractivity contribution in [2.24, 2.45) is 0 Å². The molecule has 0 aromatic heterocycles. The molecule has 4 N–H and O–H groups in total. The molecule has 1 aromatic carbocycles. The Morgan fingerprint density at radius 2 is 1.18 bits per heavy atom. The summed E-state index contributed by atoms with van der Waals surface area (Å²) in [5.74, 6) is -2.97. The second kappa shape index (κ2) is 5.86. The van der Waals surface area contributed by atoms with Crippen molar-refractivity contribution in [1.82, 2.24) is 0 Å². The zero-order chi connectivity index (χ0) is 13.7. The van der Waals surface area contributed by atoms with Gasteiger partial charge in [-0.3, -0.25) is 9.59 Å². The number of carbonyl (C=O) groups excluding carboxylic acids is 2. The highest BCUT2D eigenvalue weighted by atomic mass is 16.3. The predicted molar refractivity (Wildman–Crippen MR) is 59.6 cm³/mol. The lowest BCUT2D eigenvalue weighted by Gasteiger charge is -2.09. The highest BCUT2D eigenvalue weighted by molar-refractivity contribution is 6.07. The first-order chi connectivity index (χ1) is 7.86. The molecular formula is C11H14O6. The largest absolute Gasteiger partial charge is 0.507 e. The minimum absolute atomic E-state index is 0.363. The zero-order valence-corrected chi connectivity index (χ0v) is 9.68. The summed E-state index contributed by atoms with van der Waals surface area (Å²) in [5.41, 5.74) is -0.726. The number of aliphatic hydroxyl groups is 1. The molecule has 17 heavy (non-hydrogen) atoms. The molecule has 0 amide bonds. The first-order valence-electron chi connectivity index (χ1n) is 4.60. The van der Waals surface area contributed by atoms with Crippen molar-refractivity contribution in [2.75, 3.05) is 7.11 Å². The molecule has 0 atom stereocenters. The number of phenolic OH excluding ortho intramolecular Hbond substituents is 3. The van der Waals surface area contributed by atoms with Crippen LogP contribution in [-0.2, 0) is 0 Å². The fourth-order valence-electron chi connectivity index (χ4n) is 1.34. The predicted octanol–water partition coefficient (Wildman–Crippen LogP) is 0.817. The van der Waals surface area contributed by atoms with Gasteiger partial charge >= 0.3 is 0 Å². The van der Waals surface area contributed by atoms with Gasteiger partial charge in [-0.05, 0) is 13.8 Å². The van der Waals surface area contributed by atoms with E-state index < -0.39 is 28.8 Å². The molecule has 0 unspecified atom stereocenters. The maximum absolute atomic E-state index is 11.1. The molecule has 0 radical (unpaired) electrons. The van der Waals surface area contributed by atoms with E-state index in [4.69, 9.17) is 5.11 Å². The number of rotatable bonds is 2. The van der Waals surface area contributed by atoms with Gasteiger partial charge in [-0.1, -0.05) is 0 Å². The second-order valence-electron chi connectivity index (χ2n) is 3.13. The molecule has 1 aromatic rings. The van der Waals surface area contributed by atoms with Gasteiger partial charge in [0.25, 0.3) is 0 Å². The second-order valence-corrected chi connectivity index (χ2v) is 3.13.